The zero-order valence-electron chi connectivity index (χ0n) is 9.22. The maximum Gasteiger partial charge on any atom is 0.393 e. The molecule has 0 radical (unpaired) electrons. The maximum absolute atomic E-state index is 12.2. The molecule has 0 heterocycles. The van der Waals surface area contributed by atoms with E-state index in [1.54, 1.807) is 12.1 Å². The number of halogens is 3. The molecular weight excluding hydrogens is 227 g/mol. The van der Waals surface area contributed by atoms with Crippen LogP contribution in [0, 0.1) is 11.3 Å². The van der Waals surface area contributed by atoms with Gasteiger partial charge in [-0.2, -0.15) is 18.4 Å². The molecule has 0 spiro atoms. The highest BCUT2D eigenvalue weighted by molar-refractivity contribution is 5.37. The first-order valence-corrected chi connectivity index (χ1v) is 5.53. The van der Waals surface area contributed by atoms with Crippen molar-refractivity contribution in [2.24, 2.45) is 0 Å². The molecule has 0 N–H and O–H groups in total. The third kappa shape index (κ3) is 2.44. The van der Waals surface area contributed by atoms with Crippen molar-refractivity contribution in [2.45, 2.75) is 37.3 Å². The van der Waals surface area contributed by atoms with Gasteiger partial charge in [-0.05, 0) is 30.4 Å². The standard InChI is InChI=1S/C13H12F3N/c14-13(15,16)8-10-2-4-11(5-3-10)12(9-17)6-1-7-12/h2-5H,1,6-8H2. The summed E-state index contributed by atoms with van der Waals surface area (Å²) in [6.45, 7) is 0. The first-order valence-electron chi connectivity index (χ1n) is 5.53. The maximum atomic E-state index is 12.2. The van der Waals surface area contributed by atoms with Gasteiger partial charge in [0.25, 0.3) is 0 Å². The lowest BCUT2D eigenvalue weighted by atomic mass is 9.65. The summed E-state index contributed by atoms with van der Waals surface area (Å²) in [5.74, 6) is 0. The number of nitriles is 1. The Morgan fingerprint density at radius 1 is 1.18 bits per heavy atom. The van der Waals surface area contributed by atoms with E-state index in [4.69, 9.17) is 5.26 Å². The molecule has 0 unspecified atom stereocenters. The van der Waals surface area contributed by atoms with Gasteiger partial charge in [0, 0.05) is 0 Å². The van der Waals surface area contributed by atoms with Gasteiger partial charge >= 0.3 is 6.18 Å². The second-order valence-corrected chi connectivity index (χ2v) is 4.54. The van der Waals surface area contributed by atoms with Crippen molar-refractivity contribution in [2.75, 3.05) is 0 Å². The van der Waals surface area contributed by atoms with Crippen LogP contribution in [0.25, 0.3) is 0 Å². The Morgan fingerprint density at radius 2 is 1.76 bits per heavy atom. The number of rotatable bonds is 2. The third-order valence-corrected chi connectivity index (χ3v) is 3.33. The summed E-state index contributed by atoms with van der Waals surface area (Å²) in [6.07, 6.45) is -2.46. The van der Waals surface area contributed by atoms with Crippen molar-refractivity contribution >= 4 is 0 Å². The number of nitrogens with zero attached hydrogens (tertiary/aromatic N) is 1. The molecule has 1 saturated carbocycles. The van der Waals surface area contributed by atoms with Crippen molar-refractivity contribution in [3.8, 4) is 6.07 Å². The highest BCUT2D eigenvalue weighted by atomic mass is 19.4. The normalized spacial score (nSPS) is 18.2. The molecule has 90 valence electrons. The van der Waals surface area contributed by atoms with Gasteiger partial charge in [0.1, 0.15) is 0 Å². The van der Waals surface area contributed by atoms with Gasteiger partial charge in [-0.1, -0.05) is 24.3 Å². The van der Waals surface area contributed by atoms with Crippen LogP contribution < -0.4 is 0 Å². The minimum absolute atomic E-state index is 0.244. The Labute approximate surface area is 97.9 Å². The van der Waals surface area contributed by atoms with E-state index in [2.05, 4.69) is 6.07 Å². The van der Waals surface area contributed by atoms with E-state index in [1.165, 1.54) is 12.1 Å². The predicted octanol–water partition coefficient (Wildman–Crippen LogP) is 3.74. The second kappa shape index (κ2) is 4.06. The van der Waals surface area contributed by atoms with Gasteiger partial charge in [0.15, 0.2) is 0 Å². The zero-order valence-corrected chi connectivity index (χ0v) is 9.22. The molecule has 0 aliphatic heterocycles. The molecular formula is C13H12F3N. The fraction of sp³-hybridized carbons (Fsp3) is 0.462. The fourth-order valence-electron chi connectivity index (χ4n) is 2.17. The van der Waals surface area contributed by atoms with Crippen LogP contribution in [0.3, 0.4) is 0 Å². The Balaban J connectivity index is 2.16. The van der Waals surface area contributed by atoms with E-state index in [-0.39, 0.29) is 5.56 Å². The average molecular weight is 239 g/mol. The lowest BCUT2D eigenvalue weighted by molar-refractivity contribution is -0.127. The molecule has 1 aromatic rings. The van der Waals surface area contributed by atoms with Gasteiger partial charge < -0.3 is 0 Å². The molecule has 17 heavy (non-hydrogen) atoms. The number of alkyl halides is 3. The van der Waals surface area contributed by atoms with Crippen LogP contribution in [0.5, 0.6) is 0 Å². The summed E-state index contributed by atoms with van der Waals surface area (Å²) in [5, 5.41) is 9.12. The Morgan fingerprint density at radius 3 is 2.12 bits per heavy atom. The first-order chi connectivity index (χ1) is 7.95. The van der Waals surface area contributed by atoms with Crippen LogP contribution in [0.1, 0.15) is 30.4 Å². The summed E-state index contributed by atoms with van der Waals surface area (Å²) in [7, 11) is 0. The molecule has 0 bridgehead atoms. The van der Waals surface area contributed by atoms with Crippen LogP contribution in [0.2, 0.25) is 0 Å². The van der Waals surface area contributed by atoms with E-state index in [0.717, 1.165) is 24.8 Å². The molecule has 0 aromatic heterocycles. The van der Waals surface area contributed by atoms with E-state index in [1.807, 2.05) is 0 Å². The van der Waals surface area contributed by atoms with E-state index < -0.39 is 18.0 Å². The van der Waals surface area contributed by atoms with Gasteiger partial charge in [0.2, 0.25) is 0 Å². The number of hydrogen-bond donors (Lipinski definition) is 0. The minimum Gasteiger partial charge on any atom is -0.197 e. The Bertz CT molecular complexity index is 435. The van der Waals surface area contributed by atoms with Crippen molar-refractivity contribution in [1.29, 1.82) is 5.26 Å². The summed E-state index contributed by atoms with van der Waals surface area (Å²) in [5.41, 5.74) is 0.641. The van der Waals surface area contributed by atoms with Crippen LogP contribution in [-0.4, -0.2) is 6.18 Å². The monoisotopic (exact) mass is 239 g/mol. The summed E-state index contributed by atoms with van der Waals surface area (Å²) in [6, 6.07) is 8.53. The Kier molecular flexibility index (Phi) is 2.86. The lowest BCUT2D eigenvalue weighted by Gasteiger charge is -2.35. The summed E-state index contributed by atoms with van der Waals surface area (Å²) in [4.78, 5) is 0. The van der Waals surface area contributed by atoms with E-state index in [0.29, 0.717) is 0 Å². The number of benzene rings is 1. The van der Waals surface area contributed by atoms with Gasteiger partial charge in [0.05, 0.1) is 17.9 Å². The van der Waals surface area contributed by atoms with Gasteiger partial charge in [-0.25, -0.2) is 0 Å². The summed E-state index contributed by atoms with van der Waals surface area (Å²) >= 11 is 0. The molecule has 1 aromatic carbocycles. The fourth-order valence-corrected chi connectivity index (χ4v) is 2.17. The predicted molar refractivity (Wildman–Crippen MR) is 57.3 cm³/mol. The molecule has 4 heteroatoms. The molecule has 1 aliphatic rings. The molecule has 1 nitrogen and oxygen atoms in total. The SMILES string of the molecule is N#CC1(c2ccc(CC(F)(F)F)cc2)CCC1. The first kappa shape index (κ1) is 12.0. The molecule has 0 saturated heterocycles. The average Bonchev–Trinajstić information content (AvgIpc) is 2.17. The van der Waals surface area contributed by atoms with Crippen LogP contribution in [0.15, 0.2) is 24.3 Å². The number of hydrogen-bond acceptors (Lipinski definition) is 1. The van der Waals surface area contributed by atoms with Crippen molar-refractivity contribution in [3.05, 3.63) is 35.4 Å². The molecule has 2 rings (SSSR count). The largest absolute Gasteiger partial charge is 0.393 e. The smallest absolute Gasteiger partial charge is 0.197 e. The van der Waals surface area contributed by atoms with E-state index in [9.17, 15) is 13.2 Å². The lowest BCUT2D eigenvalue weighted by Crippen LogP contribution is -2.32. The van der Waals surface area contributed by atoms with Crippen molar-refractivity contribution in [1.82, 2.24) is 0 Å². The molecule has 0 atom stereocenters. The highest BCUT2D eigenvalue weighted by Crippen LogP contribution is 2.43. The second-order valence-electron chi connectivity index (χ2n) is 4.54. The topological polar surface area (TPSA) is 23.8 Å². The molecule has 1 aliphatic carbocycles. The van der Waals surface area contributed by atoms with Crippen molar-refractivity contribution < 1.29 is 13.2 Å². The molecule has 0 amide bonds. The van der Waals surface area contributed by atoms with E-state index >= 15 is 0 Å². The van der Waals surface area contributed by atoms with Gasteiger partial charge in [-0.3, -0.25) is 0 Å². The summed E-state index contributed by atoms with van der Waals surface area (Å²) < 4.78 is 36.5. The highest BCUT2D eigenvalue weighted by Gasteiger charge is 2.39. The molecule has 1 fully saturated rings. The van der Waals surface area contributed by atoms with Gasteiger partial charge in [-0.15, -0.1) is 0 Å². The quantitative estimate of drug-likeness (QED) is 0.771. The Hall–Kier alpha value is -1.50. The minimum atomic E-state index is -4.18. The van der Waals surface area contributed by atoms with Crippen LogP contribution >= 0.6 is 0 Å². The van der Waals surface area contributed by atoms with Crippen LogP contribution in [0.4, 0.5) is 13.2 Å². The third-order valence-electron chi connectivity index (χ3n) is 3.33. The zero-order chi connectivity index (χ0) is 12.5. The van der Waals surface area contributed by atoms with Crippen LogP contribution in [-0.2, 0) is 11.8 Å². The van der Waals surface area contributed by atoms with Crippen molar-refractivity contribution in [3.63, 3.8) is 0 Å².